The number of aromatic nitrogens is 2. The summed E-state index contributed by atoms with van der Waals surface area (Å²) in [6.45, 7) is 6.72. The van der Waals surface area contributed by atoms with Gasteiger partial charge in [-0.2, -0.15) is 0 Å². The number of nitrogens with one attached hydrogen (secondary N) is 1. The standard InChI is InChI=1S/C21H30N4/c1-5-18(7-6-16(2)17-10-12-22-13-11-17)25(4)19-8-9-20-21(14-19)24(3)15-23-20/h7-10,14-16,22H,5-6,11-13H2,1-4H3/b18-7+/t16-/m1/s1. The van der Waals surface area contributed by atoms with Gasteiger partial charge in [0.2, 0.25) is 0 Å². The molecule has 2 heterocycles. The first-order chi connectivity index (χ1) is 12.1. The molecule has 1 aromatic heterocycles. The van der Waals surface area contributed by atoms with Crippen molar-refractivity contribution in [2.45, 2.75) is 33.1 Å². The SMILES string of the molecule is CC/C(=C\C[C@@H](C)C1=CCNCC1)N(C)c1ccc2ncn(C)c2c1. The molecule has 0 spiro atoms. The molecule has 1 aromatic carbocycles. The largest absolute Gasteiger partial charge is 0.348 e. The van der Waals surface area contributed by atoms with Gasteiger partial charge in [0.1, 0.15) is 0 Å². The lowest BCUT2D eigenvalue weighted by atomic mass is 9.92. The average Bonchev–Trinajstić information content (AvgIpc) is 3.03. The number of imidazole rings is 1. The Balaban J connectivity index is 1.76. The summed E-state index contributed by atoms with van der Waals surface area (Å²) < 4.78 is 2.08. The van der Waals surface area contributed by atoms with Crippen LogP contribution in [0.3, 0.4) is 0 Å². The first-order valence-corrected chi connectivity index (χ1v) is 9.33. The molecule has 0 aliphatic carbocycles. The molecule has 0 radical (unpaired) electrons. The van der Waals surface area contributed by atoms with Crippen LogP contribution in [0.15, 0.2) is 47.9 Å². The van der Waals surface area contributed by atoms with Crippen molar-refractivity contribution < 1.29 is 0 Å². The molecule has 3 rings (SSSR count). The highest BCUT2D eigenvalue weighted by Crippen LogP contribution is 2.26. The summed E-state index contributed by atoms with van der Waals surface area (Å²) in [4.78, 5) is 6.73. The van der Waals surface area contributed by atoms with Gasteiger partial charge in [-0.05, 0) is 49.9 Å². The quantitative estimate of drug-likeness (QED) is 0.799. The van der Waals surface area contributed by atoms with Crippen LogP contribution < -0.4 is 10.2 Å². The number of anilines is 1. The van der Waals surface area contributed by atoms with Crippen LogP contribution in [0.5, 0.6) is 0 Å². The van der Waals surface area contributed by atoms with Crippen molar-refractivity contribution >= 4 is 16.7 Å². The van der Waals surface area contributed by atoms with E-state index in [9.17, 15) is 0 Å². The number of rotatable bonds is 6. The zero-order chi connectivity index (χ0) is 17.8. The summed E-state index contributed by atoms with van der Waals surface area (Å²) in [7, 11) is 4.21. The van der Waals surface area contributed by atoms with Crippen LogP contribution in [-0.4, -0.2) is 29.7 Å². The molecule has 1 N–H and O–H groups in total. The van der Waals surface area contributed by atoms with Gasteiger partial charge in [-0.1, -0.05) is 31.6 Å². The lowest BCUT2D eigenvalue weighted by molar-refractivity contribution is 0.596. The van der Waals surface area contributed by atoms with E-state index < -0.39 is 0 Å². The Morgan fingerprint density at radius 2 is 2.28 bits per heavy atom. The Bertz CT molecular complexity index is 784. The minimum atomic E-state index is 0.622. The van der Waals surface area contributed by atoms with Gasteiger partial charge in [0, 0.05) is 32.0 Å². The summed E-state index contributed by atoms with van der Waals surface area (Å²) in [6, 6.07) is 6.50. The number of hydrogen-bond acceptors (Lipinski definition) is 3. The molecule has 0 bridgehead atoms. The van der Waals surface area contributed by atoms with E-state index >= 15 is 0 Å². The lowest BCUT2D eigenvalue weighted by Crippen LogP contribution is -2.22. The van der Waals surface area contributed by atoms with E-state index in [0.717, 1.165) is 31.4 Å². The zero-order valence-electron chi connectivity index (χ0n) is 15.9. The van der Waals surface area contributed by atoms with Crippen molar-refractivity contribution in [2.24, 2.45) is 13.0 Å². The third kappa shape index (κ3) is 3.96. The predicted octanol–water partition coefficient (Wildman–Crippen LogP) is 4.25. The van der Waals surface area contributed by atoms with E-state index in [0.29, 0.717) is 5.92 Å². The number of fused-ring (bicyclic) bond motifs is 1. The molecule has 0 saturated carbocycles. The Kier molecular flexibility index (Phi) is 5.59. The fourth-order valence-electron chi connectivity index (χ4n) is 3.56. The maximum absolute atomic E-state index is 4.41. The average molecular weight is 338 g/mol. The molecule has 0 amide bonds. The van der Waals surface area contributed by atoms with Crippen LogP contribution in [0, 0.1) is 5.92 Å². The lowest BCUT2D eigenvalue weighted by Gasteiger charge is -2.24. The second kappa shape index (κ2) is 7.87. The van der Waals surface area contributed by atoms with Gasteiger partial charge in [-0.15, -0.1) is 0 Å². The van der Waals surface area contributed by atoms with E-state index in [-0.39, 0.29) is 0 Å². The molecular formula is C21H30N4. The molecule has 4 nitrogen and oxygen atoms in total. The number of benzene rings is 1. The Morgan fingerprint density at radius 3 is 3.00 bits per heavy atom. The number of aryl methyl sites for hydroxylation is 1. The number of allylic oxidation sites excluding steroid dienone is 2. The molecule has 0 saturated heterocycles. The topological polar surface area (TPSA) is 33.1 Å². The molecule has 0 fully saturated rings. The summed E-state index contributed by atoms with van der Waals surface area (Å²) in [5, 5.41) is 3.40. The van der Waals surface area contributed by atoms with Crippen LogP contribution in [0.25, 0.3) is 11.0 Å². The van der Waals surface area contributed by atoms with E-state index in [1.54, 1.807) is 5.57 Å². The summed E-state index contributed by atoms with van der Waals surface area (Å²) in [5.74, 6) is 0.622. The van der Waals surface area contributed by atoms with Crippen molar-refractivity contribution in [2.75, 3.05) is 25.0 Å². The van der Waals surface area contributed by atoms with E-state index in [2.05, 4.69) is 71.0 Å². The third-order valence-corrected chi connectivity index (χ3v) is 5.33. The van der Waals surface area contributed by atoms with Crippen molar-refractivity contribution in [1.29, 1.82) is 0 Å². The van der Waals surface area contributed by atoms with Crippen molar-refractivity contribution in [3.63, 3.8) is 0 Å². The first-order valence-electron chi connectivity index (χ1n) is 9.33. The minimum Gasteiger partial charge on any atom is -0.348 e. The van der Waals surface area contributed by atoms with Gasteiger partial charge in [-0.25, -0.2) is 4.98 Å². The molecule has 134 valence electrons. The molecular weight excluding hydrogens is 308 g/mol. The molecule has 1 atom stereocenters. The van der Waals surface area contributed by atoms with E-state index in [1.165, 1.54) is 23.3 Å². The highest BCUT2D eigenvalue weighted by molar-refractivity contribution is 5.80. The Labute approximate surface area is 151 Å². The van der Waals surface area contributed by atoms with Crippen molar-refractivity contribution in [3.8, 4) is 0 Å². The maximum atomic E-state index is 4.41. The Morgan fingerprint density at radius 1 is 1.44 bits per heavy atom. The smallest absolute Gasteiger partial charge is 0.0955 e. The van der Waals surface area contributed by atoms with Gasteiger partial charge < -0.3 is 14.8 Å². The van der Waals surface area contributed by atoms with Crippen LogP contribution >= 0.6 is 0 Å². The van der Waals surface area contributed by atoms with Crippen LogP contribution in [0.1, 0.15) is 33.1 Å². The van der Waals surface area contributed by atoms with Crippen LogP contribution in [0.4, 0.5) is 5.69 Å². The highest BCUT2D eigenvalue weighted by Gasteiger charge is 2.12. The molecule has 25 heavy (non-hydrogen) atoms. The number of nitrogens with zero attached hydrogens (tertiary/aromatic N) is 3. The van der Waals surface area contributed by atoms with Crippen LogP contribution in [0.2, 0.25) is 0 Å². The van der Waals surface area contributed by atoms with Gasteiger partial charge >= 0.3 is 0 Å². The molecule has 4 heteroatoms. The van der Waals surface area contributed by atoms with E-state index in [4.69, 9.17) is 0 Å². The summed E-state index contributed by atoms with van der Waals surface area (Å²) >= 11 is 0. The van der Waals surface area contributed by atoms with Gasteiger partial charge in [0.05, 0.1) is 17.4 Å². The third-order valence-electron chi connectivity index (χ3n) is 5.33. The zero-order valence-corrected chi connectivity index (χ0v) is 15.9. The Hall–Kier alpha value is -2.07. The van der Waals surface area contributed by atoms with Gasteiger partial charge in [0.25, 0.3) is 0 Å². The second-order valence-electron chi connectivity index (χ2n) is 7.01. The normalized spacial score (nSPS) is 16.8. The van der Waals surface area contributed by atoms with E-state index in [1.807, 2.05) is 13.4 Å². The molecule has 1 aliphatic rings. The van der Waals surface area contributed by atoms with Crippen LogP contribution in [-0.2, 0) is 7.05 Å². The highest BCUT2D eigenvalue weighted by atomic mass is 15.1. The van der Waals surface area contributed by atoms with Gasteiger partial charge in [0.15, 0.2) is 0 Å². The maximum Gasteiger partial charge on any atom is 0.0955 e. The minimum absolute atomic E-state index is 0.622. The van der Waals surface area contributed by atoms with Crippen molar-refractivity contribution in [3.05, 3.63) is 47.9 Å². The first kappa shape index (κ1) is 17.7. The molecule has 0 unspecified atom stereocenters. The van der Waals surface area contributed by atoms with Crippen molar-refractivity contribution in [1.82, 2.24) is 14.9 Å². The molecule has 2 aromatic rings. The monoisotopic (exact) mass is 338 g/mol. The summed E-state index contributed by atoms with van der Waals surface area (Å²) in [5.41, 5.74) is 6.42. The fourth-order valence-corrected chi connectivity index (χ4v) is 3.56. The second-order valence-corrected chi connectivity index (χ2v) is 7.01. The predicted molar refractivity (Wildman–Crippen MR) is 107 cm³/mol. The summed E-state index contributed by atoms with van der Waals surface area (Å²) in [6.07, 6.45) is 9.98. The van der Waals surface area contributed by atoms with Gasteiger partial charge in [-0.3, -0.25) is 0 Å². The number of hydrogen-bond donors (Lipinski definition) is 1. The molecule has 1 aliphatic heterocycles. The fraction of sp³-hybridized carbons (Fsp3) is 0.476.